The molecule has 0 saturated carbocycles. The Morgan fingerprint density at radius 1 is 1.03 bits per heavy atom. The Kier molecular flexibility index (Phi) is 10.8. The van der Waals surface area contributed by atoms with Gasteiger partial charge in [0.25, 0.3) is 17.7 Å². The molecule has 13 nitrogen and oxygen atoms in total. The van der Waals surface area contributed by atoms with Crippen molar-refractivity contribution in [1.82, 2.24) is 10.4 Å². The van der Waals surface area contributed by atoms with Gasteiger partial charge in [-0.25, -0.2) is 9.36 Å². The molecule has 2 aromatic carbocycles. The summed E-state index contributed by atoms with van der Waals surface area (Å²) in [6.45, 7) is -4.38. The predicted octanol–water partition coefficient (Wildman–Crippen LogP) is 3.75. The third-order valence-corrected chi connectivity index (χ3v) is 8.24. The van der Waals surface area contributed by atoms with Gasteiger partial charge in [0.05, 0.1) is 24.4 Å². The smallest absolute Gasteiger partial charge is 0.378 e. The number of rotatable bonds is 13. The second kappa shape index (κ2) is 14.0. The zero-order valence-corrected chi connectivity index (χ0v) is 23.0. The summed E-state index contributed by atoms with van der Waals surface area (Å²) in [6, 6.07) is 14.0. The number of nitrogens with one attached hydrogen (secondary N) is 1. The summed E-state index contributed by atoms with van der Waals surface area (Å²) >= 11 is 0.494. The van der Waals surface area contributed by atoms with Gasteiger partial charge in [0.15, 0.2) is 0 Å². The van der Waals surface area contributed by atoms with Gasteiger partial charge < -0.3 is 19.9 Å². The first-order valence-corrected chi connectivity index (χ1v) is 15.0. The van der Waals surface area contributed by atoms with Crippen LogP contribution in [0, 0.1) is 0 Å². The Bertz CT molecular complexity index is 1250. The van der Waals surface area contributed by atoms with Crippen molar-refractivity contribution < 1.29 is 38.0 Å². The van der Waals surface area contributed by atoms with Crippen molar-refractivity contribution in [3.8, 4) is 0 Å². The molecule has 208 valence electrons. The van der Waals surface area contributed by atoms with E-state index in [1.165, 1.54) is 0 Å². The van der Waals surface area contributed by atoms with Crippen molar-refractivity contribution in [2.45, 2.75) is 19.3 Å². The monoisotopic (exact) mass is 577 g/mol. The number of hydroxylamine groups is 2. The Labute approximate surface area is 228 Å². The van der Waals surface area contributed by atoms with E-state index in [0.717, 1.165) is 5.69 Å². The molecule has 3 amide bonds. The zero-order valence-electron chi connectivity index (χ0n) is 21.3. The molecule has 0 aromatic heterocycles. The minimum absolute atomic E-state index is 0.0263. The number of anilines is 1. The largest absolute Gasteiger partial charge is 0.386 e. The molecule has 2 N–H and O–H groups in total. The maximum atomic E-state index is 12.3. The van der Waals surface area contributed by atoms with Crippen LogP contribution in [0.3, 0.4) is 0 Å². The van der Waals surface area contributed by atoms with Crippen molar-refractivity contribution in [2.75, 3.05) is 37.9 Å². The highest BCUT2D eigenvalue weighted by Crippen LogP contribution is 2.55. The lowest BCUT2D eigenvalue weighted by Gasteiger charge is -2.13. The van der Waals surface area contributed by atoms with Crippen molar-refractivity contribution in [3.63, 3.8) is 0 Å². The molecule has 3 rings (SSSR count). The van der Waals surface area contributed by atoms with Gasteiger partial charge in [0.1, 0.15) is 0 Å². The van der Waals surface area contributed by atoms with Gasteiger partial charge in [-0.1, -0.05) is 0 Å². The van der Waals surface area contributed by atoms with Crippen LogP contribution in [0.4, 0.5) is 17.1 Å². The Morgan fingerprint density at radius 3 is 2.15 bits per heavy atom. The highest BCUT2D eigenvalue weighted by atomic mass is 32.7. The van der Waals surface area contributed by atoms with Gasteiger partial charge in [-0.05, 0) is 59.9 Å². The molecule has 0 bridgehead atoms. The van der Waals surface area contributed by atoms with Crippen LogP contribution in [0.2, 0.25) is 0 Å². The first kappa shape index (κ1) is 30.0. The van der Waals surface area contributed by atoms with Crippen molar-refractivity contribution >= 4 is 58.9 Å². The normalized spacial score (nSPS) is 14.9. The second-order valence-corrected chi connectivity index (χ2v) is 12.4. The number of hydrogen-bond acceptors (Lipinski definition) is 11. The lowest BCUT2D eigenvalue weighted by Crippen LogP contribution is -2.32. The highest BCUT2D eigenvalue weighted by Gasteiger charge is 2.33. The summed E-state index contributed by atoms with van der Waals surface area (Å²) in [4.78, 5) is 63.5. The maximum Gasteiger partial charge on any atom is 0.386 e. The van der Waals surface area contributed by atoms with E-state index in [2.05, 4.69) is 20.4 Å². The first-order valence-electron chi connectivity index (χ1n) is 11.8. The predicted molar refractivity (Wildman–Crippen MR) is 144 cm³/mol. The molecule has 1 unspecified atom stereocenters. The van der Waals surface area contributed by atoms with Crippen LogP contribution in [0.25, 0.3) is 0 Å². The van der Waals surface area contributed by atoms with Gasteiger partial charge in [-0.3, -0.25) is 18.9 Å². The lowest BCUT2D eigenvalue weighted by atomic mass is 10.2. The Balaban J connectivity index is 1.34. The molecule has 0 spiro atoms. The molecular weight excluding hydrogens is 549 g/mol. The second-order valence-electron chi connectivity index (χ2n) is 8.34. The van der Waals surface area contributed by atoms with Gasteiger partial charge in [0.2, 0.25) is 0 Å². The summed E-state index contributed by atoms with van der Waals surface area (Å²) in [5, 5.41) is 11.3. The number of carbonyl (C=O) groups is 4. The molecule has 0 aliphatic carbocycles. The van der Waals surface area contributed by atoms with Crippen molar-refractivity contribution in [1.29, 1.82) is 0 Å². The molecule has 15 heteroatoms. The van der Waals surface area contributed by atoms with E-state index in [1.807, 2.05) is 43.3 Å². The first-order chi connectivity index (χ1) is 18.5. The van der Waals surface area contributed by atoms with Gasteiger partial charge >= 0.3 is 12.8 Å². The fraction of sp³-hybridized carbons (Fsp3) is 0.333. The summed E-state index contributed by atoms with van der Waals surface area (Å²) < 4.78 is 17.0. The van der Waals surface area contributed by atoms with Crippen LogP contribution in [0.5, 0.6) is 0 Å². The summed E-state index contributed by atoms with van der Waals surface area (Å²) in [7, 11) is 3.89. The van der Waals surface area contributed by atoms with E-state index in [9.17, 15) is 28.6 Å². The number of amides is 3. The van der Waals surface area contributed by atoms with Gasteiger partial charge in [0, 0.05) is 50.5 Å². The molecule has 1 heterocycles. The summed E-state index contributed by atoms with van der Waals surface area (Å²) in [5.41, 5.74) is 2.66. The standard InChI is InChI=1S/C24H28N5O8PS/c1-28(2)20-9-7-19(8-10-20)27-26-18-5-3-17(4-6-18)24(33)25-14-15-36-38(34,35)39-16-13-23(32)37-29-21(30)11-12-22(29)31/h3-10H,11-16H2,1-2H3,(H,25,33)(H,34,35). The van der Waals surface area contributed by atoms with Crippen LogP contribution in [-0.4, -0.2) is 66.6 Å². The van der Waals surface area contributed by atoms with Crippen LogP contribution in [0.15, 0.2) is 58.8 Å². The molecule has 1 fully saturated rings. The Hall–Kier alpha value is -3.58. The maximum absolute atomic E-state index is 12.3. The van der Waals surface area contributed by atoms with Crippen molar-refractivity contribution in [3.05, 3.63) is 54.1 Å². The average Bonchev–Trinajstić information content (AvgIpc) is 3.22. The van der Waals surface area contributed by atoms with Gasteiger partial charge in [-0.2, -0.15) is 10.2 Å². The molecule has 1 aliphatic heterocycles. The molecule has 1 aliphatic rings. The van der Waals surface area contributed by atoms with E-state index in [4.69, 9.17) is 4.52 Å². The molecule has 39 heavy (non-hydrogen) atoms. The number of benzene rings is 2. The van der Waals surface area contributed by atoms with E-state index in [-0.39, 0.29) is 38.2 Å². The topological polar surface area (TPSA) is 167 Å². The van der Waals surface area contributed by atoms with E-state index in [1.54, 1.807) is 24.3 Å². The highest BCUT2D eigenvalue weighted by molar-refractivity contribution is 8.54. The average molecular weight is 578 g/mol. The third kappa shape index (κ3) is 9.59. The number of azo groups is 1. The molecule has 2 aromatic rings. The van der Waals surface area contributed by atoms with Crippen LogP contribution >= 0.6 is 18.2 Å². The molecule has 1 saturated heterocycles. The Morgan fingerprint density at radius 2 is 1.59 bits per heavy atom. The minimum atomic E-state index is -4.10. The third-order valence-electron chi connectivity index (χ3n) is 5.18. The van der Waals surface area contributed by atoms with E-state index in [0.29, 0.717) is 33.4 Å². The fourth-order valence-electron chi connectivity index (χ4n) is 3.13. The fourth-order valence-corrected chi connectivity index (χ4v) is 5.43. The molecule has 1 atom stereocenters. The quantitative estimate of drug-likeness (QED) is 0.155. The molecule has 0 radical (unpaired) electrons. The van der Waals surface area contributed by atoms with Gasteiger partial charge in [-0.15, -0.1) is 5.06 Å². The number of imide groups is 1. The summed E-state index contributed by atoms with van der Waals surface area (Å²) in [5.74, 6) is -2.65. The number of nitrogens with zero attached hydrogens (tertiary/aromatic N) is 4. The minimum Gasteiger partial charge on any atom is -0.378 e. The number of hydrogen-bond donors (Lipinski definition) is 2. The summed E-state index contributed by atoms with van der Waals surface area (Å²) in [6.07, 6.45) is -0.367. The molecular formula is C24H28N5O8PS. The number of carbonyl (C=O) groups excluding carboxylic acids is 4. The van der Waals surface area contributed by atoms with Crippen LogP contribution in [-0.2, 0) is 28.3 Å². The van der Waals surface area contributed by atoms with Crippen LogP contribution < -0.4 is 10.2 Å². The van der Waals surface area contributed by atoms with E-state index >= 15 is 0 Å². The van der Waals surface area contributed by atoms with Crippen LogP contribution in [0.1, 0.15) is 29.6 Å². The van der Waals surface area contributed by atoms with E-state index < -0.39 is 30.5 Å². The zero-order chi connectivity index (χ0) is 28.4. The van der Waals surface area contributed by atoms with Crippen molar-refractivity contribution in [2.24, 2.45) is 10.2 Å². The lowest BCUT2D eigenvalue weighted by molar-refractivity contribution is -0.197. The SMILES string of the molecule is CN(C)c1ccc(N=Nc2ccc(C(=O)NCCOP(=O)(O)SCCC(=O)ON3C(=O)CCC3=O)cc2)cc1.